The minimum atomic E-state index is -0.464. The van der Waals surface area contributed by atoms with Crippen LogP contribution in [0, 0.1) is 0 Å². The number of β-amino-alcohol motifs (C(OH)–C–C–N with tert-alkyl or cyclic N) is 1. The Bertz CT molecular complexity index is 943. The highest BCUT2D eigenvalue weighted by molar-refractivity contribution is 7.13. The maximum absolute atomic E-state index is 12.6. The van der Waals surface area contributed by atoms with Gasteiger partial charge < -0.3 is 19.2 Å². The molecule has 1 fully saturated rings. The van der Waals surface area contributed by atoms with Crippen molar-refractivity contribution in [2.75, 3.05) is 30.4 Å². The standard InChI is InChI=1S/C17H17N5O4S/c1-25-12-7-14(22-5-4-10(23)9-22)18-8-11(12)15(24)19-17-21-20-16(26-17)13-3-2-6-27-13/h2-3,6-8,10,23H,4-5,9H2,1H3,(H,19,21,24)/t10-/m0/s1. The molecule has 0 saturated carbocycles. The molecule has 3 aromatic rings. The van der Waals surface area contributed by atoms with Crippen molar-refractivity contribution < 1.29 is 19.1 Å². The third-order valence-corrected chi connectivity index (χ3v) is 5.04. The summed E-state index contributed by atoms with van der Waals surface area (Å²) in [4.78, 5) is 19.6. The molecule has 1 atom stereocenters. The van der Waals surface area contributed by atoms with Gasteiger partial charge in [-0.25, -0.2) is 4.98 Å². The maximum Gasteiger partial charge on any atom is 0.322 e. The third-order valence-electron chi connectivity index (χ3n) is 4.18. The van der Waals surface area contributed by atoms with Gasteiger partial charge in [0.2, 0.25) is 0 Å². The number of anilines is 2. The van der Waals surface area contributed by atoms with Crippen LogP contribution in [0.5, 0.6) is 5.75 Å². The topological polar surface area (TPSA) is 114 Å². The van der Waals surface area contributed by atoms with Crippen LogP contribution < -0.4 is 15.0 Å². The van der Waals surface area contributed by atoms with Gasteiger partial charge in [0.1, 0.15) is 17.1 Å². The molecule has 0 bridgehead atoms. The van der Waals surface area contributed by atoms with Crippen LogP contribution in [0.25, 0.3) is 10.8 Å². The number of carbonyl (C=O) groups excluding carboxylic acids is 1. The summed E-state index contributed by atoms with van der Waals surface area (Å²) in [5, 5.41) is 21.9. The number of nitrogens with one attached hydrogen (secondary N) is 1. The number of pyridine rings is 1. The molecule has 1 aliphatic heterocycles. The zero-order chi connectivity index (χ0) is 18.8. The minimum Gasteiger partial charge on any atom is -0.496 e. The Kier molecular flexibility index (Phi) is 4.73. The van der Waals surface area contributed by atoms with Crippen molar-refractivity contribution in [2.24, 2.45) is 0 Å². The molecule has 1 saturated heterocycles. The van der Waals surface area contributed by atoms with Gasteiger partial charge >= 0.3 is 6.01 Å². The van der Waals surface area contributed by atoms with E-state index in [1.165, 1.54) is 24.6 Å². The smallest absolute Gasteiger partial charge is 0.322 e. The molecule has 2 N–H and O–H groups in total. The van der Waals surface area contributed by atoms with E-state index in [1.54, 1.807) is 6.07 Å². The second-order valence-corrected chi connectivity index (χ2v) is 6.92. The van der Waals surface area contributed by atoms with E-state index in [9.17, 15) is 9.90 Å². The molecule has 0 aliphatic carbocycles. The summed E-state index contributed by atoms with van der Waals surface area (Å²) in [5.74, 6) is 0.900. The van der Waals surface area contributed by atoms with Crippen LogP contribution >= 0.6 is 11.3 Å². The molecule has 4 rings (SSSR count). The molecule has 3 aromatic heterocycles. The van der Waals surface area contributed by atoms with Crippen molar-refractivity contribution in [3.63, 3.8) is 0 Å². The lowest BCUT2D eigenvalue weighted by atomic mass is 10.2. The van der Waals surface area contributed by atoms with Crippen molar-refractivity contribution in [1.29, 1.82) is 0 Å². The van der Waals surface area contributed by atoms with E-state index in [0.717, 1.165) is 4.88 Å². The van der Waals surface area contributed by atoms with Gasteiger partial charge in [-0.2, -0.15) is 0 Å². The Morgan fingerprint density at radius 2 is 2.37 bits per heavy atom. The lowest BCUT2D eigenvalue weighted by molar-refractivity contribution is 0.102. The average molecular weight is 387 g/mol. The van der Waals surface area contributed by atoms with Crippen LogP contribution in [0.1, 0.15) is 16.8 Å². The fourth-order valence-electron chi connectivity index (χ4n) is 2.83. The minimum absolute atomic E-state index is 0.00260. The SMILES string of the molecule is COc1cc(N2CC[C@H](O)C2)ncc1C(=O)Nc1nnc(-c2cccs2)o1. The summed E-state index contributed by atoms with van der Waals surface area (Å²) in [7, 11) is 1.48. The fraction of sp³-hybridized carbons (Fsp3) is 0.294. The summed E-state index contributed by atoms with van der Waals surface area (Å²) in [6.45, 7) is 1.21. The molecule has 0 radical (unpaired) electrons. The first-order chi connectivity index (χ1) is 13.1. The first-order valence-electron chi connectivity index (χ1n) is 8.30. The number of amides is 1. The highest BCUT2D eigenvalue weighted by atomic mass is 32.1. The Morgan fingerprint density at radius 1 is 1.48 bits per heavy atom. The van der Waals surface area contributed by atoms with Gasteiger partial charge in [-0.05, 0) is 17.9 Å². The fourth-order valence-corrected chi connectivity index (χ4v) is 3.47. The second-order valence-electron chi connectivity index (χ2n) is 5.98. The van der Waals surface area contributed by atoms with E-state index in [-0.39, 0.29) is 17.7 Å². The Balaban J connectivity index is 1.51. The number of aliphatic hydroxyl groups is 1. The molecular formula is C17H17N5O4S. The number of nitrogens with zero attached hydrogens (tertiary/aromatic N) is 4. The number of carbonyl (C=O) groups is 1. The Morgan fingerprint density at radius 3 is 3.07 bits per heavy atom. The summed E-state index contributed by atoms with van der Waals surface area (Å²) in [6, 6.07) is 5.40. The van der Waals surface area contributed by atoms with Crippen LogP contribution in [0.3, 0.4) is 0 Å². The van der Waals surface area contributed by atoms with Gasteiger partial charge in [0, 0.05) is 25.4 Å². The summed E-state index contributed by atoms with van der Waals surface area (Å²) in [6.07, 6.45) is 1.76. The first kappa shape index (κ1) is 17.4. The monoisotopic (exact) mass is 387 g/mol. The lowest BCUT2D eigenvalue weighted by Gasteiger charge is -2.18. The number of methoxy groups -OCH3 is 1. The van der Waals surface area contributed by atoms with Crippen LogP contribution in [0.15, 0.2) is 34.2 Å². The largest absolute Gasteiger partial charge is 0.496 e. The quantitative estimate of drug-likeness (QED) is 0.684. The van der Waals surface area contributed by atoms with Crippen molar-refractivity contribution in [1.82, 2.24) is 15.2 Å². The van der Waals surface area contributed by atoms with Crippen LogP contribution in [0.2, 0.25) is 0 Å². The zero-order valence-corrected chi connectivity index (χ0v) is 15.3. The van der Waals surface area contributed by atoms with Crippen molar-refractivity contribution in [3.8, 4) is 16.5 Å². The number of thiophene rings is 1. The molecule has 27 heavy (non-hydrogen) atoms. The number of hydrogen-bond donors (Lipinski definition) is 2. The maximum atomic E-state index is 12.6. The van der Waals surface area contributed by atoms with E-state index in [2.05, 4.69) is 20.5 Å². The number of rotatable bonds is 5. The molecule has 1 aliphatic rings. The number of ether oxygens (including phenoxy) is 1. The van der Waals surface area contributed by atoms with Gasteiger partial charge in [-0.3, -0.25) is 10.1 Å². The molecule has 4 heterocycles. The van der Waals surface area contributed by atoms with Crippen LogP contribution in [-0.2, 0) is 0 Å². The molecule has 10 heteroatoms. The average Bonchev–Trinajstić information content (AvgIpc) is 3.42. The van der Waals surface area contributed by atoms with E-state index < -0.39 is 5.91 Å². The molecule has 140 valence electrons. The predicted molar refractivity (Wildman–Crippen MR) is 99.2 cm³/mol. The third kappa shape index (κ3) is 3.62. The highest BCUT2D eigenvalue weighted by Crippen LogP contribution is 2.27. The number of aromatic nitrogens is 3. The number of hydrogen-bond acceptors (Lipinski definition) is 9. The van der Waals surface area contributed by atoms with Crippen molar-refractivity contribution in [2.45, 2.75) is 12.5 Å². The Hall–Kier alpha value is -2.98. The van der Waals surface area contributed by atoms with Gasteiger partial charge in [0.05, 0.1) is 18.1 Å². The Labute approximate surface area is 158 Å². The van der Waals surface area contributed by atoms with Gasteiger partial charge in [-0.1, -0.05) is 11.2 Å². The first-order valence-corrected chi connectivity index (χ1v) is 9.18. The van der Waals surface area contributed by atoms with E-state index in [1.807, 2.05) is 22.4 Å². The zero-order valence-electron chi connectivity index (χ0n) is 14.5. The molecule has 0 aromatic carbocycles. The van der Waals surface area contributed by atoms with Gasteiger partial charge in [0.25, 0.3) is 11.8 Å². The van der Waals surface area contributed by atoms with Crippen LogP contribution in [-0.4, -0.2) is 52.5 Å². The van der Waals surface area contributed by atoms with E-state index >= 15 is 0 Å². The predicted octanol–water partition coefficient (Wildman–Crippen LogP) is 2.03. The normalized spacial score (nSPS) is 16.5. The second kappa shape index (κ2) is 7.33. The molecule has 9 nitrogen and oxygen atoms in total. The lowest BCUT2D eigenvalue weighted by Crippen LogP contribution is -2.23. The summed E-state index contributed by atoms with van der Waals surface area (Å²) < 4.78 is 10.8. The summed E-state index contributed by atoms with van der Waals surface area (Å²) in [5.41, 5.74) is 0.247. The molecule has 0 unspecified atom stereocenters. The van der Waals surface area contributed by atoms with Crippen molar-refractivity contribution in [3.05, 3.63) is 35.3 Å². The molecule has 1 amide bonds. The highest BCUT2D eigenvalue weighted by Gasteiger charge is 2.24. The molecule has 0 spiro atoms. The van der Waals surface area contributed by atoms with Gasteiger partial charge in [0.15, 0.2) is 0 Å². The van der Waals surface area contributed by atoms with E-state index in [4.69, 9.17) is 9.15 Å². The molecular weight excluding hydrogens is 370 g/mol. The van der Waals surface area contributed by atoms with Gasteiger partial charge in [-0.15, -0.1) is 16.4 Å². The number of aliphatic hydroxyl groups excluding tert-OH is 1. The van der Waals surface area contributed by atoms with Crippen LogP contribution in [0.4, 0.5) is 11.8 Å². The van der Waals surface area contributed by atoms with E-state index in [0.29, 0.717) is 37.0 Å². The van der Waals surface area contributed by atoms with Crippen molar-refractivity contribution >= 4 is 29.1 Å². The summed E-state index contributed by atoms with van der Waals surface area (Å²) >= 11 is 1.46.